The van der Waals surface area contributed by atoms with E-state index in [1.807, 2.05) is 16.2 Å². The van der Waals surface area contributed by atoms with Crippen LogP contribution in [0.5, 0.6) is 0 Å². The Morgan fingerprint density at radius 2 is 1.94 bits per heavy atom. The van der Waals surface area contributed by atoms with E-state index >= 15 is 0 Å². The van der Waals surface area contributed by atoms with Gasteiger partial charge in [0.25, 0.3) is 0 Å². The van der Waals surface area contributed by atoms with Crippen LogP contribution in [0.1, 0.15) is 60.0 Å². The molecule has 1 aliphatic heterocycles. The SMILES string of the molecule is CC(C)C1c2cccn2-c2sc3c(c2CN1C(=O)NCc1ccc(F)cc1)CCCC3. The van der Waals surface area contributed by atoms with Crippen LogP contribution in [-0.4, -0.2) is 15.5 Å². The highest BCUT2D eigenvalue weighted by Crippen LogP contribution is 2.43. The number of aromatic nitrogens is 1. The van der Waals surface area contributed by atoms with Crippen molar-refractivity contribution in [1.29, 1.82) is 0 Å². The van der Waals surface area contributed by atoms with Gasteiger partial charge in [-0.25, -0.2) is 9.18 Å². The third-order valence-electron chi connectivity index (χ3n) is 6.48. The van der Waals surface area contributed by atoms with E-state index in [9.17, 15) is 9.18 Å². The van der Waals surface area contributed by atoms with Crippen LogP contribution in [0.15, 0.2) is 42.6 Å². The molecule has 0 fully saturated rings. The number of carbonyl (C=O) groups is 1. The van der Waals surface area contributed by atoms with Crippen LogP contribution in [0.4, 0.5) is 9.18 Å². The van der Waals surface area contributed by atoms with E-state index < -0.39 is 0 Å². The first-order valence-corrected chi connectivity index (χ1v) is 11.9. The Balaban J connectivity index is 1.50. The second-order valence-corrected chi connectivity index (χ2v) is 9.98. The average molecular weight is 438 g/mol. The molecule has 0 spiro atoms. The first-order chi connectivity index (χ1) is 15.0. The van der Waals surface area contributed by atoms with Crippen LogP contribution in [0.3, 0.4) is 0 Å². The Morgan fingerprint density at radius 1 is 1.16 bits per heavy atom. The number of hydrogen-bond acceptors (Lipinski definition) is 2. The van der Waals surface area contributed by atoms with Crippen molar-refractivity contribution in [2.75, 3.05) is 0 Å². The fourth-order valence-electron chi connectivity index (χ4n) is 5.00. The quantitative estimate of drug-likeness (QED) is 0.538. The fraction of sp³-hybridized carbons (Fsp3) is 0.400. The van der Waals surface area contributed by atoms with Gasteiger partial charge in [0, 0.05) is 28.9 Å². The van der Waals surface area contributed by atoms with Crippen molar-refractivity contribution < 1.29 is 9.18 Å². The number of rotatable bonds is 3. The summed E-state index contributed by atoms with van der Waals surface area (Å²) in [4.78, 5) is 17.0. The molecule has 0 saturated carbocycles. The van der Waals surface area contributed by atoms with Crippen molar-refractivity contribution in [3.63, 3.8) is 0 Å². The number of thiophene rings is 1. The Bertz CT molecular complexity index is 1100. The molecular formula is C25H28FN3OS. The molecule has 0 bridgehead atoms. The molecule has 3 heterocycles. The van der Waals surface area contributed by atoms with Crippen molar-refractivity contribution in [3.8, 4) is 5.00 Å². The van der Waals surface area contributed by atoms with Gasteiger partial charge in [-0.1, -0.05) is 26.0 Å². The van der Waals surface area contributed by atoms with Crippen molar-refractivity contribution in [2.24, 2.45) is 5.92 Å². The second kappa shape index (κ2) is 8.15. The maximum absolute atomic E-state index is 13.5. The lowest BCUT2D eigenvalue weighted by Crippen LogP contribution is -2.43. The van der Waals surface area contributed by atoms with E-state index in [4.69, 9.17) is 0 Å². The van der Waals surface area contributed by atoms with Gasteiger partial charge in [-0.15, -0.1) is 11.3 Å². The molecule has 1 aliphatic carbocycles. The normalized spacial score (nSPS) is 17.7. The van der Waals surface area contributed by atoms with Crippen LogP contribution in [0, 0.1) is 11.7 Å². The summed E-state index contributed by atoms with van der Waals surface area (Å²) in [6.45, 7) is 5.37. The van der Waals surface area contributed by atoms with Crippen LogP contribution in [0.2, 0.25) is 0 Å². The van der Waals surface area contributed by atoms with Gasteiger partial charge in [0.05, 0.1) is 12.6 Å². The van der Waals surface area contributed by atoms with Crippen molar-refractivity contribution in [2.45, 2.75) is 58.7 Å². The summed E-state index contributed by atoms with van der Waals surface area (Å²) >= 11 is 1.91. The maximum atomic E-state index is 13.5. The summed E-state index contributed by atoms with van der Waals surface area (Å²) < 4.78 is 15.5. The van der Waals surface area contributed by atoms with E-state index in [0.29, 0.717) is 13.1 Å². The van der Waals surface area contributed by atoms with Gasteiger partial charge in [0.2, 0.25) is 0 Å². The number of fused-ring (bicyclic) bond motifs is 5. The van der Waals surface area contributed by atoms with Crippen LogP contribution >= 0.6 is 11.3 Å². The van der Waals surface area contributed by atoms with Crippen LogP contribution in [-0.2, 0) is 25.9 Å². The standard InChI is InChI=1S/C25H28FN3OS/c1-16(2)23-21-7-5-13-28(21)24-20(19-6-3-4-8-22(19)31-24)15-29(23)25(30)27-14-17-9-11-18(26)12-10-17/h5,7,9-13,16,23H,3-4,6,8,14-15H2,1-2H3,(H,27,30). The van der Waals surface area contributed by atoms with E-state index in [1.165, 1.54) is 51.7 Å². The molecule has 0 radical (unpaired) electrons. The second-order valence-electron chi connectivity index (χ2n) is 8.90. The average Bonchev–Trinajstić information content (AvgIpc) is 3.34. The van der Waals surface area contributed by atoms with Gasteiger partial charge in [-0.2, -0.15) is 0 Å². The van der Waals surface area contributed by atoms with E-state index in [-0.39, 0.29) is 23.8 Å². The summed E-state index contributed by atoms with van der Waals surface area (Å²) in [5, 5.41) is 4.37. The lowest BCUT2D eigenvalue weighted by Gasteiger charge is -2.33. The Morgan fingerprint density at radius 3 is 2.71 bits per heavy atom. The van der Waals surface area contributed by atoms with Crippen molar-refractivity contribution >= 4 is 17.4 Å². The summed E-state index contributed by atoms with van der Waals surface area (Å²) in [5.74, 6) is 0.00745. The third-order valence-corrected chi connectivity index (χ3v) is 7.81. The largest absolute Gasteiger partial charge is 0.334 e. The van der Waals surface area contributed by atoms with E-state index in [0.717, 1.165) is 18.4 Å². The van der Waals surface area contributed by atoms with Crippen LogP contribution in [0.25, 0.3) is 5.00 Å². The van der Waals surface area contributed by atoms with Crippen molar-refractivity contribution in [1.82, 2.24) is 14.8 Å². The molecule has 1 N–H and O–H groups in total. The molecule has 162 valence electrons. The first-order valence-electron chi connectivity index (χ1n) is 11.1. The molecule has 31 heavy (non-hydrogen) atoms. The van der Waals surface area contributed by atoms with Crippen LogP contribution < -0.4 is 5.32 Å². The minimum atomic E-state index is -0.266. The Hall–Kier alpha value is -2.60. The molecular weight excluding hydrogens is 409 g/mol. The summed E-state index contributed by atoms with van der Waals surface area (Å²) in [5.41, 5.74) is 4.84. The number of aryl methyl sites for hydroxylation is 1. The first kappa shape index (κ1) is 20.3. The molecule has 0 saturated heterocycles. The minimum absolute atomic E-state index is 0.0120. The summed E-state index contributed by atoms with van der Waals surface area (Å²) in [6.07, 6.45) is 6.87. The van der Waals surface area contributed by atoms with Gasteiger partial charge in [0.15, 0.2) is 0 Å². The molecule has 1 unspecified atom stereocenters. The molecule has 2 aromatic heterocycles. The predicted molar refractivity (Wildman–Crippen MR) is 122 cm³/mol. The predicted octanol–water partition coefficient (Wildman–Crippen LogP) is 5.98. The van der Waals surface area contributed by atoms with Gasteiger partial charge >= 0.3 is 6.03 Å². The monoisotopic (exact) mass is 437 g/mol. The zero-order valence-corrected chi connectivity index (χ0v) is 18.8. The molecule has 6 heteroatoms. The lowest BCUT2D eigenvalue weighted by atomic mass is 9.94. The molecule has 1 atom stereocenters. The Labute approximate surface area is 186 Å². The number of halogens is 1. The van der Waals surface area contributed by atoms with Crippen molar-refractivity contribution in [3.05, 3.63) is 75.7 Å². The molecule has 2 amide bonds. The summed E-state index contributed by atoms with van der Waals surface area (Å²) in [6, 6.07) is 10.5. The minimum Gasteiger partial charge on any atom is -0.334 e. The zero-order valence-electron chi connectivity index (χ0n) is 18.0. The smallest absolute Gasteiger partial charge is 0.318 e. The zero-order chi connectivity index (χ0) is 21.5. The number of nitrogens with zero attached hydrogens (tertiary/aromatic N) is 2. The van der Waals surface area contributed by atoms with E-state index in [1.54, 1.807) is 12.1 Å². The van der Waals surface area contributed by atoms with Gasteiger partial charge < -0.3 is 14.8 Å². The highest BCUT2D eigenvalue weighted by Gasteiger charge is 2.36. The highest BCUT2D eigenvalue weighted by molar-refractivity contribution is 7.15. The number of benzene rings is 1. The molecule has 3 aromatic rings. The molecule has 1 aromatic carbocycles. The molecule has 5 rings (SSSR count). The number of hydrogen-bond donors (Lipinski definition) is 1. The number of nitrogens with one attached hydrogen (secondary N) is 1. The molecule has 4 nitrogen and oxygen atoms in total. The number of amides is 2. The fourth-order valence-corrected chi connectivity index (χ4v) is 6.41. The van der Waals surface area contributed by atoms with Gasteiger partial charge in [0.1, 0.15) is 10.8 Å². The third kappa shape index (κ3) is 3.67. The number of carbonyl (C=O) groups excluding carboxylic acids is 1. The highest BCUT2D eigenvalue weighted by atomic mass is 32.1. The number of urea groups is 1. The van der Waals surface area contributed by atoms with Gasteiger partial charge in [-0.3, -0.25) is 0 Å². The van der Waals surface area contributed by atoms with E-state index in [2.05, 4.69) is 42.1 Å². The molecule has 2 aliphatic rings. The maximum Gasteiger partial charge on any atom is 0.318 e. The topological polar surface area (TPSA) is 37.3 Å². The lowest BCUT2D eigenvalue weighted by molar-refractivity contribution is 0.149. The summed E-state index contributed by atoms with van der Waals surface area (Å²) in [7, 11) is 0. The Kier molecular flexibility index (Phi) is 5.34. The van der Waals surface area contributed by atoms with Gasteiger partial charge in [-0.05, 0) is 67.0 Å².